The molecule has 1 aromatic carbocycles. The van der Waals surface area contributed by atoms with E-state index in [-0.39, 0.29) is 5.60 Å². The Labute approximate surface area is 96.8 Å². The highest BCUT2D eigenvalue weighted by molar-refractivity contribution is 5.27. The second-order valence-electron chi connectivity index (χ2n) is 4.42. The summed E-state index contributed by atoms with van der Waals surface area (Å²) < 4.78 is 11.4. The zero-order valence-electron chi connectivity index (χ0n) is 9.95. The molecule has 1 aromatic rings. The molecule has 1 aliphatic rings. The van der Waals surface area contributed by atoms with E-state index in [1.54, 1.807) is 7.11 Å². The van der Waals surface area contributed by atoms with E-state index in [2.05, 4.69) is 18.3 Å². The lowest BCUT2D eigenvalue weighted by atomic mass is 10.1. The van der Waals surface area contributed by atoms with Crippen molar-refractivity contribution in [2.45, 2.75) is 18.9 Å². The number of ether oxygens (including phenoxy) is 2. The molecule has 88 valence electrons. The summed E-state index contributed by atoms with van der Waals surface area (Å²) in [4.78, 5) is 0. The maximum absolute atomic E-state index is 5.80. The van der Waals surface area contributed by atoms with Crippen LogP contribution in [-0.2, 0) is 4.74 Å². The largest absolute Gasteiger partial charge is 0.491 e. The van der Waals surface area contributed by atoms with Crippen LogP contribution in [0.4, 0.5) is 0 Å². The van der Waals surface area contributed by atoms with Gasteiger partial charge in [0.1, 0.15) is 18.0 Å². The average Bonchev–Trinajstić information content (AvgIpc) is 2.76. The second kappa shape index (κ2) is 4.85. The van der Waals surface area contributed by atoms with Crippen LogP contribution in [0.25, 0.3) is 0 Å². The van der Waals surface area contributed by atoms with Crippen LogP contribution in [0.15, 0.2) is 24.3 Å². The Kier molecular flexibility index (Phi) is 3.46. The van der Waals surface area contributed by atoms with E-state index < -0.39 is 0 Å². The molecule has 1 N–H and O–H groups in total. The minimum absolute atomic E-state index is 0.149. The molecule has 0 radical (unpaired) electrons. The summed E-state index contributed by atoms with van der Waals surface area (Å²) in [5.41, 5.74) is 1.07. The highest BCUT2D eigenvalue weighted by Crippen LogP contribution is 2.21. The first-order valence-corrected chi connectivity index (χ1v) is 5.69. The van der Waals surface area contributed by atoms with Gasteiger partial charge in [-0.3, -0.25) is 0 Å². The van der Waals surface area contributed by atoms with Crippen molar-refractivity contribution in [1.82, 2.24) is 5.32 Å². The zero-order chi connectivity index (χ0) is 11.4. The third-order valence-corrected chi connectivity index (χ3v) is 3.13. The smallest absolute Gasteiger partial charge is 0.119 e. The first-order chi connectivity index (χ1) is 7.74. The van der Waals surface area contributed by atoms with Gasteiger partial charge in [0.05, 0.1) is 0 Å². The number of aryl methyl sites for hydroxylation is 1. The van der Waals surface area contributed by atoms with Crippen LogP contribution in [0.5, 0.6) is 5.75 Å². The molecule has 16 heavy (non-hydrogen) atoms. The van der Waals surface area contributed by atoms with E-state index in [1.165, 1.54) is 5.56 Å². The number of rotatable bonds is 4. The van der Waals surface area contributed by atoms with Crippen molar-refractivity contribution < 1.29 is 9.47 Å². The Bertz CT molecular complexity index is 346. The predicted octanol–water partition coefficient (Wildman–Crippen LogP) is 1.75. The molecule has 2 rings (SSSR count). The van der Waals surface area contributed by atoms with Crippen LogP contribution in [0.1, 0.15) is 12.0 Å². The number of nitrogens with one attached hydrogen (secondary N) is 1. The highest BCUT2D eigenvalue weighted by atomic mass is 16.5. The second-order valence-corrected chi connectivity index (χ2v) is 4.42. The van der Waals surface area contributed by atoms with E-state index in [0.717, 1.165) is 25.3 Å². The minimum Gasteiger partial charge on any atom is -0.491 e. The molecule has 0 amide bonds. The van der Waals surface area contributed by atoms with Gasteiger partial charge < -0.3 is 14.8 Å². The fourth-order valence-electron chi connectivity index (χ4n) is 2.00. The normalized spacial score (nSPS) is 24.6. The summed E-state index contributed by atoms with van der Waals surface area (Å²) in [5, 5.41) is 3.31. The molecule has 1 saturated heterocycles. The van der Waals surface area contributed by atoms with E-state index in [1.807, 2.05) is 18.2 Å². The Morgan fingerprint density at radius 2 is 2.31 bits per heavy atom. The standard InChI is InChI=1S/C13H19NO2/c1-11-4-3-5-12(8-11)16-10-13(15-2)6-7-14-9-13/h3-5,8,14H,6-7,9-10H2,1-2H3. The van der Waals surface area contributed by atoms with Gasteiger partial charge in [-0.1, -0.05) is 12.1 Å². The maximum Gasteiger partial charge on any atom is 0.119 e. The molecule has 3 heteroatoms. The quantitative estimate of drug-likeness (QED) is 0.840. The van der Waals surface area contributed by atoms with Crippen molar-refractivity contribution in [3.05, 3.63) is 29.8 Å². The topological polar surface area (TPSA) is 30.5 Å². The van der Waals surface area contributed by atoms with Crippen LogP contribution < -0.4 is 10.1 Å². The zero-order valence-corrected chi connectivity index (χ0v) is 9.95. The summed E-state index contributed by atoms with van der Waals surface area (Å²) in [5.74, 6) is 0.920. The minimum atomic E-state index is -0.149. The summed E-state index contributed by atoms with van der Waals surface area (Å²) in [7, 11) is 1.76. The van der Waals surface area contributed by atoms with Gasteiger partial charge in [-0.15, -0.1) is 0 Å². The number of hydrogen-bond acceptors (Lipinski definition) is 3. The predicted molar refractivity (Wildman–Crippen MR) is 63.9 cm³/mol. The van der Waals surface area contributed by atoms with Crippen LogP contribution in [0.2, 0.25) is 0 Å². The Balaban J connectivity index is 1.95. The third-order valence-electron chi connectivity index (χ3n) is 3.13. The molecule has 0 saturated carbocycles. The fraction of sp³-hybridized carbons (Fsp3) is 0.538. The lowest BCUT2D eigenvalue weighted by Crippen LogP contribution is -2.40. The monoisotopic (exact) mass is 221 g/mol. The molecule has 1 fully saturated rings. The van der Waals surface area contributed by atoms with E-state index in [9.17, 15) is 0 Å². The van der Waals surface area contributed by atoms with Crippen LogP contribution in [-0.4, -0.2) is 32.4 Å². The van der Waals surface area contributed by atoms with Crippen LogP contribution in [0.3, 0.4) is 0 Å². The summed E-state index contributed by atoms with van der Waals surface area (Å²) >= 11 is 0. The SMILES string of the molecule is COC1(COc2cccc(C)c2)CCNC1. The summed E-state index contributed by atoms with van der Waals surface area (Å²) in [6.45, 7) is 4.55. The Morgan fingerprint density at radius 3 is 2.94 bits per heavy atom. The first kappa shape index (κ1) is 11.4. The molecule has 1 heterocycles. The van der Waals surface area contributed by atoms with Gasteiger partial charge in [-0.05, 0) is 37.6 Å². The van der Waals surface area contributed by atoms with Gasteiger partial charge in [-0.2, -0.15) is 0 Å². The summed E-state index contributed by atoms with van der Waals surface area (Å²) in [6, 6.07) is 8.11. The summed E-state index contributed by atoms with van der Waals surface area (Å²) in [6.07, 6.45) is 1.01. The lowest BCUT2D eigenvalue weighted by molar-refractivity contribution is -0.0282. The molecular formula is C13H19NO2. The molecule has 1 atom stereocenters. The van der Waals surface area contributed by atoms with Crippen LogP contribution in [0, 0.1) is 6.92 Å². The van der Waals surface area contributed by atoms with Crippen molar-refractivity contribution in [2.75, 3.05) is 26.8 Å². The van der Waals surface area contributed by atoms with Crippen molar-refractivity contribution in [3.63, 3.8) is 0 Å². The van der Waals surface area contributed by atoms with Gasteiger partial charge in [0.2, 0.25) is 0 Å². The molecule has 1 aliphatic heterocycles. The van der Waals surface area contributed by atoms with Gasteiger partial charge in [0, 0.05) is 13.7 Å². The van der Waals surface area contributed by atoms with Crippen molar-refractivity contribution in [3.8, 4) is 5.75 Å². The molecule has 0 bridgehead atoms. The molecular weight excluding hydrogens is 202 g/mol. The van der Waals surface area contributed by atoms with E-state index in [0.29, 0.717) is 6.61 Å². The highest BCUT2D eigenvalue weighted by Gasteiger charge is 2.34. The fourth-order valence-corrected chi connectivity index (χ4v) is 2.00. The maximum atomic E-state index is 5.80. The number of hydrogen-bond donors (Lipinski definition) is 1. The van der Waals surface area contributed by atoms with Gasteiger partial charge in [0.15, 0.2) is 0 Å². The average molecular weight is 221 g/mol. The van der Waals surface area contributed by atoms with Gasteiger partial charge in [0.25, 0.3) is 0 Å². The Hall–Kier alpha value is -1.06. The van der Waals surface area contributed by atoms with Crippen LogP contribution >= 0.6 is 0 Å². The Morgan fingerprint density at radius 1 is 1.44 bits per heavy atom. The lowest BCUT2D eigenvalue weighted by Gasteiger charge is -2.26. The van der Waals surface area contributed by atoms with E-state index >= 15 is 0 Å². The van der Waals surface area contributed by atoms with Crippen molar-refractivity contribution in [1.29, 1.82) is 0 Å². The molecule has 0 aromatic heterocycles. The van der Waals surface area contributed by atoms with E-state index in [4.69, 9.17) is 9.47 Å². The molecule has 0 spiro atoms. The van der Waals surface area contributed by atoms with Crippen molar-refractivity contribution >= 4 is 0 Å². The van der Waals surface area contributed by atoms with Gasteiger partial charge in [-0.25, -0.2) is 0 Å². The first-order valence-electron chi connectivity index (χ1n) is 5.69. The molecule has 1 unspecified atom stereocenters. The molecule has 0 aliphatic carbocycles. The third kappa shape index (κ3) is 2.54. The molecule has 3 nitrogen and oxygen atoms in total. The number of benzene rings is 1. The van der Waals surface area contributed by atoms with Gasteiger partial charge >= 0.3 is 0 Å². The van der Waals surface area contributed by atoms with Crippen molar-refractivity contribution in [2.24, 2.45) is 0 Å². The number of methoxy groups -OCH3 is 1.